The van der Waals surface area contributed by atoms with Crippen molar-refractivity contribution in [2.45, 2.75) is 13.3 Å². The summed E-state index contributed by atoms with van der Waals surface area (Å²) in [6, 6.07) is 13.3. The number of nitrogens with one attached hydrogen (secondary N) is 3. The van der Waals surface area contributed by atoms with Crippen molar-refractivity contribution in [1.82, 2.24) is 16.2 Å². The summed E-state index contributed by atoms with van der Waals surface area (Å²) in [5, 5.41) is 2.47. The predicted molar refractivity (Wildman–Crippen MR) is 115 cm³/mol. The SMILES string of the molecule is C=CCOc1ccc(C(=O)NNC(=S)NC(=O)c2ccc(OCCC)cc2)cc1. The molecular weight excluding hydrogens is 390 g/mol. The van der Waals surface area contributed by atoms with Gasteiger partial charge in [-0.25, -0.2) is 0 Å². The van der Waals surface area contributed by atoms with Crippen LogP contribution in [0.5, 0.6) is 11.5 Å². The van der Waals surface area contributed by atoms with Crippen molar-refractivity contribution in [2.24, 2.45) is 0 Å². The zero-order valence-corrected chi connectivity index (χ0v) is 16.9. The molecule has 29 heavy (non-hydrogen) atoms. The molecule has 0 atom stereocenters. The maximum atomic E-state index is 12.2. The Hall–Kier alpha value is -3.39. The van der Waals surface area contributed by atoms with Gasteiger partial charge in [0, 0.05) is 11.1 Å². The van der Waals surface area contributed by atoms with Crippen LogP contribution >= 0.6 is 12.2 Å². The van der Waals surface area contributed by atoms with E-state index in [0.717, 1.165) is 6.42 Å². The van der Waals surface area contributed by atoms with E-state index < -0.39 is 11.8 Å². The number of thiocarbonyl (C=S) groups is 1. The molecule has 0 aliphatic carbocycles. The van der Waals surface area contributed by atoms with Gasteiger partial charge in [0.1, 0.15) is 18.1 Å². The molecule has 2 amide bonds. The van der Waals surface area contributed by atoms with Crippen LogP contribution in [0.15, 0.2) is 61.2 Å². The summed E-state index contributed by atoms with van der Waals surface area (Å²) in [5.74, 6) is 0.511. The molecule has 0 spiro atoms. The first-order chi connectivity index (χ1) is 14.0. The summed E-state index contributed by atoms with van der Waals surface area (Å²) in [5.41, 5.74) is 5.75. The molecule has 8 heteroatoms. The lowest BCUT2D eigenvalue weighted by molar-refractivity contribution is 0.0934. The lowest BCUT2D eigenvalue weighted by atomic mass is 10.2. The Balaban J connectivity index is 1.80. The molecule has 152 valence electrons. The topological polar surface area (TPSA) is 88.7 Å². The molecule has 0 unspecified atom stereocenters. The van der Waals surface area contributed by atoms with Crippen molar-refractivity contribution in [2.75, 3.05) is 13.2 Å². The summed E-state index contributed by atoms with van der Waals surface area (Å²) in [7, 11) is 0. The summed E-state index contributed by atoms with van der Waals surface area (Å²) in [4.78, 5) is 24.3. The molecule has 0 heterocycles. The van der Waals surface area contributed by atoms with Gasteiger partial charge in [-0.1, -0.05) is 19.6 Å². The number of benzene rings is 2. The highest BCUT2D eigenvalue weighted by Crippen LogP contribution is 2.13. The van der Waals surface area contributed by atoms with Gasteiger partial charge in [0.25, 0.3) is 11.8 Å². The van der Waals surface area contributed by atoms with Gasteiger partial charge in [-0.15, -0.1) is 0 Å². The Bertz CT molecular complexity index is 851. The number of hydrazine groups is 1. The van der Waals surface area contributed by atoms with Gasteiger partial charge in [-0.2, -0.15) is 0 Å². The number of amides is 2. The van der Waals surface area contributed by atoms with E-state index in [4.69, 9.17) is 21.7 Å². The molecule has 0 saturated heterocycles. The van der Waals surface area contributed by atoms with E-state index in [-0.39, 0.29) is 5.11 Å². The molecule has 2 aromatic carbocycles. The minimum absolute atomic E-state index is 0.0272. The normalized spacial score (nSPS) is 9.83. The van der Waals surface area contributed by atoms with Crippen molar-refractivity contribution in [3.8, 4) is 11.5 Å². The maximum Gasteiger partial charge on any atom is 0.269 e. The van der Waals surface area contributed by atoms with E-state index in [1.54, 1.807) is 54.6 Å². The summed E-state index contributed by atoms with van der Waals surface area (Å²) in [6.45, 7) is 6.59. The highest BCUT2D eigenvalue weighted by Gasteiger charge is 2.10. The summed E-state index contributed by atoms with van der Waals surface area (Å²) in [6.07, 6.45) is 2.54. The Morgan fingerprint density at radius 2 is 1.48 bits per heavy atom. The van der Waals surface area contributed by atoms with Crippen LogP contribution in [0, 0.1) is 0 Å². The van der Waals surface area contributed by atoms with Crippen molar-refractivity contribution in [1.29, 1.82) is 0 Å². The van der Waals surface area contributed by atoms with Gasteiger partial charge in [-0.05, 0) is 67.2 Å². The predicted octanol–water partition coefficient (Wildman–Crippen LogP) is 2.99. The van der Waals surface area contributed by atoms with Crippen LogP contribution in [0.2, 0.25) is 0 Å². The molecule has 0 bridgehead atoms. The van der Waals surface area contributed by atoms with E-state index in [1.165, 1.54) is 0 Å². The molecule has 7 nitrogen and oxygen atoms in total. The largest absolute Gasteiger partial charge is 0.494 e. The molecule has 2 rings (SSSR count). The van der Waals surface area contributed by atoms with E-state index in [0.29, 0.717) is 35.8 Å². The van der Waals surface area contributed by atoms with Crippen LogP contribution in [-0.4, -0.2) is 30.1 Å². The fourth-order valence-electron chi connectivity index (χ4n) is 2.17. The van der Waals surface area contributed by atoms with Gasteiger partial charge < -0.3 is 9.47 Å². The second-order valence-corrected chi connectivity index (χ2v) is 6.27. The number of hydrogen-bond acceptors (Lipinski definition) is 5. The van der Waals surface area contributed by atoms with Gasteiger partial charge >= 0.3 is 0 Å². The number of carbonyl (C=O) groups excluding carboxylic acids is 2. The van der Waals surface area contributed by atoms with E-state index in [2.05, 4.69) is 22.7 Å². The first-order valence-electron chi connectivity index (χ1n) is 9.01. The van der Waals surface area contributed by atoms with E-state index in [9.17, 15) is 9.59 Å². The average Bonchev–Trinajstić information content (AvgIpc) is 2.75. The minimum atomic E-state index is -0.408. The van der Waals surface area contributed by atoms with Crippen LogP contribution in [0.25, 0.3) is 0 Å². The van der Waals surface area contributed by atoms with Crippen molar-refractivity contribution >= 4 is 29.1 Å². The van der Waals surface area contributed by atoms with Crippen LogP contribution in [-0.2, 0) is 0 Å². The highest BCUT2D eigenvalue weighted by molar-refractivity contribution is 7.80. The first-order valence-corrected chi connectivity index (χ1v) is 9.42. The van der Waals surface area contributed by atoms with Crippen LogP contribution in [0.3, 0.4) is 0 Å². The Labute approximate surface area is 175 Å². The fraction of sp³-hybridized carbons (Fsp3) is 0.190. The van der Waals surface area contributed by atoms with Gasteiger partial charge in [0.05, 0.1) is 6.61 Å². The van der Waals surface area contributed by atoms with Crippen LogP contribution < -0.4 is 25.6 Å². The quantitative estimate of drug-likeness (QED) is 0.350. The highest BCUT2D eigenvalue weighted by atomic mass is 32.1. The number of hydrogen-bond donors (Lipinski definition) is 3. The van der Waals surface area contributed by atoms with Gasteiger partial charge in [0.2, 0.25) is 0 Å². The third kappa shape index (κ3) is 7.27. The average molecular weight is 413 g/mol. The molecule has 0 aromatic heterocycles. The molecule has 0 radical (unpaired) electrons. The zero-order chi connectivity index (χ0) is 21.1. The number of rotatable bonds is 8. The zero-order valence-electron chi connectivity index (χ0n) is 16.1. The van der Waals surface area contributed by atoms with Crippen molar-refractivity contribution in [3.63, 3.8) is 0 Å². The Kier molecular flexibility index (Phi) is 8.65. The standard InChI is InChI=1S/C21H23N3O4S/c1-3-13-27-17-9-5-15(6-10-17)19(25)22-21(29)24-23-20(26)16-7-11-18(12-8-16)28-14-4-2/h4-12H,2-3,13-14H2,1H3,(H,23,26)(H2,22,24,25,29). The van der Waals surface area contributed by atoms with E-state index >= 15 is 0 Å². The second-order valence-electron chi connectivity index (χ2n) is 5.86. The Morgan fingerprint density at radius 1 is 0.931 bits per heavy atom. The molecule has 3 N–H and O–H groups in total. The van der Waals surface area contributed by atoms with Crippen LogP contribution in [0.4, 0.5) is 0 Å². The lowest BCUT2D eigenvalue weighted by Crippen LogP contribution is -2.48. The molecule has 0 aliphatic rings. The molecule has 2 aromatic rings. The summed E-state index contributed by atoms with van der Waals surface area (Å²) >= 11 is 5.04. The minimum Gasteiger partial charge on any atom is -0.494 e. The molecule has 0 saturated carbocycles. The summed E-state index contributed by atoms with van der Waals surface area (Å²) < 4.78 is 10.8. The first kappa shape index (κ1) is 21.9. The maximum absolute atomic E-state index is 12.2. The molecular formula is C21H23N3O4S. The van der Waals surface area contributed by atoms with E-state index in [1.807, 2.05) is 6.92 Å². The monoisotopic (exact) mass is 413 g/mol. The third-order valence-corrected chi connectivity index (χ3v) is 3.79. The fourth-order valence-corrected chi connectivity index (χ4v) is 2.32. The number of carbonyl (C=O) groups is 2. The molecule has 0 fully saturated rings. The Morgan fingerprint density at radius 3 is 2.03 bits per heavy atom. The third-order valence-electron chi connectivity index (χ3n) is 3.59. The van der Waals surface area contributed by atoms with Crippen LogP contribution in [0.1, 0.15) is 34.1 Å². The van der Waals surface area contributed by atoms with Crippen molar-refractivity contribution < 1.29 is 19.1 Å². The van der Waals surface area contributed by atoms with Crippen molar-refractivity contribution in [3.05, 3.63) is 72.3 Å². The number of ether oxygens (including phenoxy) is 2. The second kappa shape index (κ2) is 11.5. The lowest BCUT2D eigenvalue weighted by Gasteiger charge is -2.11. The van der Waals surface area contributed by atoms with Gasteiger partial charge in [-0.3, -0.25) is 25.8 Å². The smallest absolute Gasteiger partial charge is 0.269 e. The van der Waals surface area contributed by atoms with Gasteiger partial charge in [0.15, 0.2) is 5.11 Å². The molecule has 0 aliphatic heterocycles.